The molecule has 2 aromatic heterocycles. The van der Waals surface area contributed by atoms with Crippen molar-refractivity contribution >= 4 is 11.0 Å². The van der Waals surface area contributed by atoms with Gasteiger partial charge in [0.25, 0.3) is 0 Å². The number of nitrogens with zero attached hydrogens (tertiary/aromatic N) is 3. The summed E-state index contributed by atoms with van der Waals surface area (Å²) in [5.41, 5.74) is 8.10. The van der Waals surface area contributed by atoms with E-state index < -0.39 is 0 Å². The van der Waals surface area contributed by atoms with Gasteiger partial charge in [0.15, 0.2) is 0 Å². The average molecular weight is 228 g/mol. The summed E-state index contributed by atoms with van der Waals surface area (Å²) >= 11 is 0. The first kappa shape index (κ1) is 10.0. The molecule has 0 radical (unpaired) electrons. The first-order valence-electron chi connectivity index (χ1n) is 5.45. The predicted octanol–water partition coefficient (Wildman–Crippen LogP) is 1.65. The highest BCUT2D eigenvalue weighted by Crippen LogP contribution is 2.28. The maximum Gasteiger partial charge on any atom is 0.134 e. The molecule has 17 heavy (non-hydrogen) atoms. The van der Waals surface area contributed by atoms with Gasteiger partial charge in [0.1, 0.15) is 17.5 Å². The second-order valence-corrected chi connectivity index (χ2v) is 3.80. The normalized spacial score (nSPS) is 11.1. The van der Waals surface area contributed by atoms with Gasteiger partial charge in [-0.25, -0.2) is 0 Å². The minimum absolute atomic E-state index is 0.551. The van der Waals surface area contributed by atoms with Gasteiger partial charge >= 0.3 is 0 Å². The van der Waals surface area contributed by atoms with Crippen molar-refractivity contribution < 1.29 is 4.42 Å². The molecule has 0 unspecified atom stereocenters. The molecular weight excluding hydrogens is 216 g/mol. The van der Waals surface area contributed by atoms with Crippen LogP contribution in [0.15, 0.2) is 41.1 Å². The zero-order chi connectivity index (χ0) is 11.7. The molecule has 0 aliphatic heterocycles. The first-order chi connectivity index (χ1) is 8.38. The summed E-state index contributed by atoms with van der Waals surface area (Å²) in [6.07, 6.45) is 3.59. The molecule has 0 saturated carbocycles. The molecule has 0 atom stereocenters. The number of rotatable bonds is 3. The summed E-state index contributed by atoms with van der Waals surface area (Å²) in [7, 11) is 0. The third kappa shape index (κ3) is 1.70. The highest BCUT2D eigenvalue weighted by molar-refractivity contribution is 5.92. The van der Waals surface area contributed by atoms with E-state index in [2.05, 4.69) is 10.3 Å². The number of hydrogen-bond donors (Lipinski definition) is 1. The molecule has 5 heteroatoms. The molecule has 0 spiro atoms. The lowest BCUT2D eigenvalue weighted by Crippen LogP contribution is -2.10. The van der Waals surface area contributed by atoms with Gasteiger partial charge in [0.2, 0.25) is 0 Å². The summed E-state index contributed by atoms with van der Waals surface area (Å²) in [6, 6.07) is 7.87. The first-order valence-corrected chi connectivity index (χ1v) is 5.45. The zero-order valence-electron chi connectivity index (χ0n) is 9.21. The SMILES string of the molecule is NCCn1cc(-c2coc3ccccc23)nn1. The largest absolute Gasteiger partial charge is 0.464 e. The van der Waals surface area contributed by atoms with Gasteiger partial charge in [-0.3, -0.25) is 4.68 Å². The molecule has 0 saturated heterocycles. The Labute approximate surface area is 97.8 Å². The molecule has 0 aliphatic rings. The molecule has 0 aliphatic carbocycles. The Hall–Kier alpha value is -2.14. The van der Waals surface area contributed by atoms with E-state index in [1.165, 1.54) is 0 Å². The number of nitrogens with two attached hydrogens (primary N) is 1. The van der Waals surface area contributed by atoms with Gasteiger partial charge in [-0.05, 0) is 6.07 Å². The molecule has 0 fully saturated rings. The van der Waals surface area contributed by atoms with Crippen LogP contribution in [0.3, 0.4) is 0 Å². The van der Waals surface area contributed by atoms with Crippen molar-refractivity contribution in [2.24, 2.45) is 5.73 Å². The molecule has 1 aromatic carbocycles. The molecule has 0 amide bonds. The van der Waals surface area contributed by atoms with E-state index in [4.69, 9.17) is 10.2 Å². The Morgan fingerprint density at radius 3 is 3.06 bits per heavy atom. The maximum atomic E-state index is 5.47. The van der Waals surface area contributed by atoms with Crippen molar-refractivity contribution in [3.63, 3.8) is 0 Å². The van der Waals surface area contributed by atoms with Crippen LogP contribution < -0.4 is 5.73 Å². The fraction of sp³-hybridized carbons (Fsp3) is 0.167. The number of hydrogen-bond acceptors (Lipinski definition) is 4. The standard InChI is InChI=1S/C12H12N4O/c13-5-6-16-7-11(14-15-16)10-8-17-12-4-2-1-3-9(10)12/h1-4,7-8H,5-6,13H2. The Morgan fingerprint density at radius 1 is 1.29 bits per heavy atom. The summed E-state index contributed by atoms with van der Waals surface area (Å²) in [5, 5.41) is 9.19. The quantitative estimate of drug-likeness (QED) is 0.740. The minimum Gasteiger partial charge on any atom is -0.464 e. The zero-order valence-corrected chi connectivity index (χ0v) is 9.21. The molecular formula is C12H12N4O. The topological polar surface area (TPSA) is 69.9 Å². The molecule has 86 valence electrons. The lowest BCUT2D eigenvalue weighted by atomic mass is 10.1. The van der Waals surface area contributed by atoms with Crippen LogP contribution >= 0.6 is 0 Å². The van der Waals surface area contributed by atoms with Crippen LogP contribution in [0.4, 0.5) is 0 Å². The van der Waals surface area contributed by atoms with Crippen molar-refractivity contribution in [2.45, 2.75) is 6.54 Å². The third-order valence-electron chi connectivity index (χ3n) is 2.65. The summed E-state index contributed by atoms with van der Waals surface area (Å²) in [5.74, 6) is 0. The molecule has 2 N–H and O–H groups in total. The Bertz CT molecular complexity index is 641. The molecule has 3 aromatic rings. The Kier molecular flexibility index (Phi) is 2.38. The molecule has 5 nitrogen and oxygen atoms in total. The summed E-state index contributed by atoms with van der Waals surface area (Å²) in [4.78, 5) is 0. The number of fused-ring (bicyclic) bond motifs is 1. The van der Waals surface area contributed by atoms with Crippen molar-refractivity contribution in [3.05, 3.63) is 36.7 Å². The Morgan fingerprint density at radius 2 is 2.18 bits per heavy atom. The van der Waals surface area contributed by atoms with Crippen LogP contribution in [0.25, 0.3) is 22.2 Å². The maximum absolute atomic E-state index is 5.47. The van der Waals surface area contributed by atoms with Gasteiger partial charge in [0, 0.05) is 17.5 Å². The third-order valence-corrected chi connectivity index (χ3v) is 2.65. The monoisotopic (exact) mass is 228 g/mol. The lowest BCUT2D eigenvalue weighted by Gasteiger charge is -1.93. The van der Waals surface area contributed by atoms with E-state index in [0.717, 1.165) is 22.2 Å². The van der Waals surface area contributed by atoms with E-state index in [1.54, 1.807) is 10.9 Å². The van der Waals surface area contributed by atoms with Crippen LogP contribution in [-0.2, 0) is 6.54 Å². The highest BCUT2D eigenvalue weighted by atomic mass is 16.3. The van der Waals surface area contributed by atoms with Crippen molar-refractivity contribution in [3.8, 4) is 11.3 Å². The minimum atomic E-state index is 0.551. The fourth-order valence-electron chi connectivity index (χ4n) is 1.84. The van der Waals surface area contributed by atoms with Gasteiger partial charge in [-0.15, -0.1) is 5.10 Å². The van der Waals surface area contributed by atoms with Gasteiger partial charge < -0.3 is 10.2 Å². The van der Waals surface area contributed by atoms with E-state index >= 15 is 0 Å². The second-order valence-electron chi connectivity index (χ2n) is 3.80. The van der Waals surface area contributed by atoms with Gasteiger partial charge in [-0.1, -0.05) is 23.4 Å². The van der Waals surface area contributed by atoms with Crippen LogP contribution in [0.1, 0.15) is 0 Å². The lowest BCUT2D eigenvalue weighted by molar-refractivity contribution is 0.598. The average Bonchev–Trinajstić information content (AvgIpc) is 2.95. The highest BCUT2D eigenvalue weighted by Gasteiger charge is 2.10. The number of para-hydroxylation sites is 1. The number of furan rings is 1. The van der Waals surface area contributed by atoms with Gasteiger partial charge in [0.05, 0.1) is 12.7 Å². The van der Waals surface area contributed by atoms with Crippen molar-refractivity contribution in [1.29, 1.82) is 0 Å². The van der Waals surface area contributed by atoms with Crippen molar-refractivity contribution in [2.75, 3.05) is 6.54 Å². The van der Waals surface area contributed by atoms with E-state index in [0.29, 0.717) is 13.1 Å². The van der Waals surface area contributed by atoms with E-state index in [-0.39, 0.29) is 0 Å². The summed E-state index contributed by atoms with van der Waals surface area (Å²) in [6.45, 7) is 1.22. The number of benzene rings is 1. The van der Waals surface area contributed by atoms with Crippen LogP contribution in [0, 0.1) is 0 Å². The summed E-state index contributed by atoms with van der Waals surface area (Å²) < 4.78 is 7.20. The Balaban J connectivity index is 2.07. The van der Waals surface area contributed by atoms with E-state index in [1.807, 2.05) is 30.5 Å². The van der Waals surface area contributed by atoms with Crippen LogP contribution in [0.2, 0.25) is 0 Å². The van der Waals surface area contributed by atoms with Crippen LogP contribution in [-0.4, -0.2) is 21.5 Å². The van der Waals surface area contributed by atoms with E-state index in [9.17, 15) is 0 Å². The molecule has 3 rings (SSSR count). The second kappa shape index (κ2) is 4.03. The van der Waals surface area contributed by atoms with Gasteiger partial charge in [-0.2, -0.15) is 0 Å². The fourth-order valence-corrected chi connectivity index (χ4v) is 1.84. The molecule has 2 heterocycles. The van der Waals surface area contributed by atoms with Crippen molar-refractivity contribution in [1.82, 2.24) is 15.0 Å². The smallest absolute Gasteiger partial charge is 0.134 e. The molecule has 0 bridgehead atoms. The predicted molar refractivity (Wildman–Crippen MR) is 64.3 cm³/mol. The van der Waals surface area contributed by atoms with Crippen LogP contribution in [0.5, 0.6) is 0 Å². The number of aromatic nitrogens is 3.